The van der Waals surface area contributed by atoms with Gasteiger partial charge in [0.1, 0.15) is 0 Å². The molecule has 0 fully saturated rings. The van der Waals surface area contributed by atoms with Crippen molar-refractivity contribution in [1.82, 2.24) is 4.98 Å². The third-order valence-corrected chi connectivity index (χ3v) is 1.77. The van der Waals surface area contributed by atoms with E-state index >= 15 is 0 Å². The Balaban J connectivity index is 2.84. The third kappa shape index (κ3) is 2.67. The monoisotopic (exact) mass is 203 g/mol. The molecular weight excluding hydrogens is 198 g/mol. The summed E-state index contributed by atoms with van der Waals surface area (Å²) in [5, 5.41) is 19.8. The summed E-state index contributed by atoms with van der Waals surface area (Å²) in [5.41, 5.74) is -0.162. The van der Waals surface area contributed by atoms with E-state index in [0.717, 1.165) is 0 Å². The summed E-state index contributed by atoms with van der Waals surface area (Å²) in [4.78, 5) is 14.4. The predicted octanol–water partition coefficient (Wildman–Crippen LogP) is 1.21. The highest BCUT2D eigenvalue weighted by molar-refractivity contribution is 7.94. The molecule has 70 valence electrons. The zero-order chi connectivity index (χ0) is 9.68. The Morgan fingerprint density at radius 1 is 1.62 bits per heavy atom. The molecule has 1 aromatic rings. The Bertz CT molecular complexity index is 305. The quantitative estimate of drug-likeness (QED) is 0.431. The molecule has 1 heterocycles. The van der Waals surface area contributed by atoms with Crippen molar-refractivity contribution in [3.05, 3.63) is 24.0 Å². The molecule has 1 aromatic heterocycles. The maximum atomic E-state index is 10.6. The summed E-state index contributed by atoms with van der Waals surface area (Å²) >= 11 is 0.560. The van der Waals surface area contributed by atoms with Gasteiger partial charge < -0.3 is 5.11 Å². The van der Waals surface area contributed by atoms with E-state index in [-0.39, 0.29) is 10.6 Å². The fourth-order valence-corrected chi connectivity index (χ4v) is 1.13. The van der Waals surface area contributed by atoms with Gasteiger partial charge in [-0.3, -0.25) is 0 Å². The van der Waals surface area contributed by atoms with Crippen LogP contribution in [0.2, 0.25) is 0 Å². The van der Waals surface area contributed by atoms with Crippen LogP contribution in [-0.4, -0.2) is 21.3 Å². The number of nitrogens with zero attached hydrogens (tertiary/aromatic N) is 1. The molecule has 0 aliphatic rings. The van der Waals surface area contributed by atoms with Gasteiger partial charge in [-0.2, -0.15) is 0 Å². The fraction of sp³-hybridized carbons (Fsp3) is 0. The highest BCUT2D eigenvalue weighted by Crippen LogP contribution is 2.21. The highest BCUT2D eigenvalue weighted by atomic mass is 32.2. The van der Waals surface area contributed by atoms with E-state index in [0.29, 0.717) is 12.0 Å². The van der Waals surface area contributed by atoms with Crippen molar-refractivity contribution < 1.29 is 24.5 Å². The molecule has 6 nitrogen and oxygen atoms in total. The number of rotatable bonds is 4. The van der Waals surface area contributed by atoms with Crippen molar-refractivity contribution in [1.29, 1.82) is 0 Å². The number of carboxylic acids is 1. The highest BCUT2D eigenvalue weighted by Gasteiger charge is 2.11. The first-order valence-corrected chi connectivity index (χ1v) is 3.83. The van der Waals surface area contributed by atoms with Crippen LogP contribution in [0.25, 0.3) is 0 Å². The van der Waals surface area contributed by atoms with Crippen LogP contribution in [0, 0.1) is 0 Å². The van der Waals surface area contributed by atoms with Crippen LogP contribution in [0.1, 0.15) is 10.5 Å². The molecule has 0 spiro atoms. The van der Waals surface area contributed by atoms with Crippen LogP contribution in [0.15, 0.2) is 23.2 Å². The first-order chi connectivity index (χ1) is 6.25. The van der Waals surface area contributed by atoms with Gasteiger partial charge in [-0.15, -0.1) is 4.33 Å². The molecule has 0 amide bonds. The maximum absolute atomic E-state index is 10.6. The molecule has 2 N–H and O–H groups in total. The minimum absolute atomic E-state index is 0.162. The zero-order valence-corrected chi connectivity index (χ0v) is 7.02. The predicted molar refractivity (Wildman–Crippen MR) is 41.9 cm³/mol. The number of carbonyl (C=O) groups is 1. The van der Waals surface area contributed by atoms with Crippen molar-refractivity contribution in [3.63, 3.8) is 0 Å². The van der Waals surface area contributed by atoms with Crippen LogP contribution in [0.3, 0.4) is 0 Å². The van der Waals surface area contributed by atoms with E-state index in [1.807, 2.05) is 0 Å². The Labute approximate surface area is 77.2 Å². The second-order valence-electron chi connectivity index (χ2n) is 1.88. The normalized spacial score (nSPS) is 9.92. The van der Waals surface area contributed by atoms with E-state index < -0.39 is 5.97 Å². The molecule has 0 unspecified atom stereocenters. The smallest absolute Gasteiger partial charge is 0.355 e. The molecular formula is C6H5NO5S. The first-order valence-electron chi connectivity index (χ1n) is 3.08. The van der Waals surface area contributed by atoms with Gasteiger partial charge in [-0.1, -0.05) is 5.04 Å². The topological polar surface area (TPSA) is 88.9 Å². The Morgan fingerprint density at radius 3 is 3.00 bits per heavy atom. The lowest BCUT2D eigenvalue weighted by atomic mass is 10.3. The lowest BCUT2D eigenvalue weighted by molar-refractivity contribution is -0.432. The third-order valence-electron chi connectivity index (χ3n) is 1.13. The second-order valence-corrected chi connectivity index (χ2v) is 2.62. The lowest BCUT2D eigenvalue weighted by Crippen LogP contribution is -2.01. The van der Waals surface area contributed by atoms with Gasteiger partial charge in [0.25, 0.3) is 0 Å². The van der Waals surface area contributed by atoms with Crippen molar-refractivity contribution >= 4 is 18.0 Å². The SMILES string of the molecule is O=C(O)c1ncccc1SOOO. The molecule has 0 aliphatic carbocycles. The summed E-state index contributed by atoms with van der Waals surface area (Å²) < 4.78 is 4.08. The van der Waals surface area contributed by atoms with Gasteiger partial charge in [0.2, 0.25) is 0 Å². The van der Waals surface area contributed by atoms with Gasteiger partial charge in [0.15, 0.2) is 5.69 Å². The largest absolute Gasteiger partial charge is 0.476 e. The Morgan fingerprint density at radius 2 is 2.38 bits per heavy atom. The van der Waals surface area contributed by atoms with Gasteiger partial charge in [0, 0.05) is 6.20 Å². The molecule has 0 atom stereocenters. The molecule has 0 bridgehead atoms. The second kappa shape index (κ2) is 4.77. The van der Waals surface area contributed by atoms with Crippen molar-refractivity contribution in [2.75, 3.05) is 0 Å². The van der Waals surface area contributed by atoms with Crippen molar-refractivity contribution in [2.45, 2.75) is 4.90 Å². The number of pyridine rings is 1. The number of aromatic carboxylic acids is 1. The van der Waals surface area contributed by atoms with Crippen LogP contribution in [0.5, 0.6) is 0 Å². The van der Waals surface area contributed by atoms with E-state index in [9.17, 15) is 4.79 Å². The number of hydrogen-bond acceptors (Lipinski definition) is 6. The minimum atomic E-state index is -1.18. The summed E-state index contributed by atoms with van der Waals surface area (Å²) in [7, 11) is 0. The molecule has 0 aliphatic heterocycles. The Hall–Kier alpha value is -1.15. The number of aromatic nitrogens is 1. The van der Waals surface area contributed by atoms with Crippen molar-refractivity contribution in [3.8, 4) is 0 Å². The molecule has 0 saturated heterocycles. The molecule has 13 heavy (non-hydrogen) atoms. The summed E-state index contributed by atoms with van der Waals surface area (Å²) in [6, 6.07) is 3.01. The summed E-state index contributed by atoms with van der Waals surface area (Å²) in [6.45, 7) is 0. The average molecular weight is 203 g/mol. The molecule has 1 rings (SSSR count). The number of carboxylic acid groups (broad SMARTS) is 1. The Kier molecular flexibility index (Phi) is 3.65. The van der Waals surface area contributed by atoms with E-state index in [2.05, 4.69) is 14.4 Å². The average Bonchev–Trinajstić information content (AvgIpc) is 2.15. The van der Waals surface area contributed by atoms with E-state index in [1.165, 1.54) is 18.3 Å². The molecule has 0 saturated carbocycles. The lowest BCUT2D eigenvalue weighted by Gasteiger charge is -2.00. The number of hydrogen-bond donors (Lipinski definition) is 2. The van der Waals surface area contributed by atoms with E-state index in [1.54, 1.807) is 0 Å². The summed E-state index contributed by atoms with van der Waals surface area (Å²) in [6.07, 6.45) is 1.34. The molecule has 0 radical (unpaired) electrons. The van der Waals surface area contributed by atoms with Crippen LogP contribution in [-0.2, 0) is 9.37 Å². The van der Waals surface area contributed by atoms with Gasteiger partial charge in [-0.25, -0.2) is 15.0 Å². The van der Waals surface area contributed by atoms with Crippen LogP contribution in [0.4, 0.5) is 0 Å². The van der Waals surface area contributed by atoms with Gasteiger partial charge in [-0.05, 0) is 12.1 Å². The molecule has 0 aromatic carbocycles. The molecule has 7 heteroatoms. The van der Waals surface area contributed by atoms with Gasteiger partial charge >= 0.3 is 5.97 Å². The maximum Gasteiger partial charge on any atom is 0.355 e. The van der Waals surface area contributed by atoms with Crippen LogP contribution >= 0.6 is 12.0 Å². The zero-order valence-electron chi connectivity index (χ0n) is 6.21. The summed E-state index contributed by atoms with van der Waals surface area (Å²) in [5.74, 6) is -1.18. The standard InChI is InChI=1S/C6H5NO5S/c8-6(9)5-4(13-12-11-10)2-1-3-7-5/h1-3,10H,(H,8,9). The van der Waals surface area contributed by atoms with Crippen LogP contribution < -0.4 is 0 Å². The van der Waals surface area contributed by atoms with E-state index in [4.69, 9.17) is 10.4 Å². The van der Waals surface area contributed by atoms with Gasteiger partial charge in [0.05, 0.1) is 16.9 Å². The van der Waals surface area contributed by atoms with Crippen molar-refractivity contribution in [2.24, 2.45) is 0 Å². The first kappa shape index (κ1) is 9.93. The minimum Gasteiger partial charge on any atom is -0.476 e. The fourth-order valence-electron chi connectivity index (χ4n) is 0.670.